The number of pyridine rings is 1. The van der Waals surface area contributed by atoms with Crippen LogP contribution in [0.2, 0.25) is 0 Å². The van der Waals surface area contributed by atoms with Gasteiger partial charge < -0.3 is 20.7 Å². The molecular formula is C15H20N6O. The Morgan fingerprint density at radius 3 is 3.00 bits per heavy atom. The molecule has 1 aliphatic rings. The van der Waals surface area contributed by atoms with Crippen molar-refractivity contribution in [2.45, 2.75) is 13.0 Å². The van der Waals surface area contributed by atoms with E-state index in [0.29, 0.717) is 24.9 Å². The van der Waals surface area contributed by atoms with E-state index < -0.39 is 0 Å². The van der Waals surface area contributed by atoms with E-state index in [0.717, 1.165) is 23.7 Å². The van der Waals surface area contributed by atoms with Gasteiger partial charge in [-0.2, -0.15) is 0 Å². The number of rotatable bonds is 3. The average Bonchev–Trinajstić information content (AvgIpc) is 2.55. The van der Waals surface area contributed by atoms with Gasteiger partial charge in [-0.1, -0.05) is 0 Å². The summed E-state index contributed by atoms with van der Waals surface area (Å²) in [5, 5.41) is 3.01. The molecule has 0 spiro atoms. The van der Waals surface area contributed by atoms with Gasteiger partial charge in [0.2, 0.25) is 0 Å². The summed E-state index contributed by atoms with van der Waals surface area (Å²) in [6, 6.07) is 5.86. The van der Waals surface area contributed by atoms with Crippen molar-refractivity contribution in [2.75, 3.05) is 42.8 Å². The lowest BCUT2D eigenvalue weighted by Crippen LogP contribution is -2.44. The van der Waals surface area contributed by atoms with Gasteiger partial charge in [0.1, 0.15) is 17.5 Å². The monoisotopic (exact) mass is 300 g/mol. The van der Waals surface area contributed by atoms with E-state index in [9.17, 15) is 0 Å². The summed E-state index contributed by atoms with van der Waals surface area (Å²) >= 11 is 0. The lowest BCUT2D eigenvalue weighted by atomic mass is 10.2. The molecule has 3 rings (SSSR count). The second-order valence-corrected chi connectivity index (χ2v) is 5.27. The van der Waals surface area contributed by atoms with Crippen molar-refractivity contribution < 1.29 is 4.74 Å². The Bertz CT molecular complexity index is 662. The molecule has 116 valence electrons. The zero-order valence-corrected chi connectivity index (χ0v) is 12.8. The highest BCUT2D eigenvalue weighted by Crippen LogP contribution is 2.24. The number of morpholine rings is 1. The number of hydrogen-bond donors (Lipinski definition) is 2. The summed E-state index contributed by atoms with van der Waals surface area (Å²) < 4.78 is 5.48. The minimum absolute atomic E-state index is 0.265. The van der Waals surface area contributed by atoms with Crippen LogP contribution in [0.5, 0.6) is 0 Å². The van der Waals surface area contributed by atoms with Crippen LogP contribution >= 0.6 is 0 Å². The van der Waals surface area contributed by atoms with Gasteiger partial charge in [-0.25, -0.2) is 15.0 Å². The van der Waals surface area contributed by atoms with Crippen LogP contribution in [0.4, 0.5) is 17.5 Å². The van der Waals surface area contributed by atoms with Crippen molar-refractivity contribution in [1.82, 2.24) is 15.0 Å². The van der Waals surface area contributed by atoms with E-state index in [1.165, 1.54) is 0 Å². The number of aromatic nitrogens is 3. The fourth-order valence-electron chi connectivity index (χ4n) is 2.50. The predicted octanol–water partition coefficient (Wildman–Crippen LogP) is 1.39. The van der Waals surface area contributed by atoms with E-state index in [4.69, 9.17) is 10.5 Å². The highest BCUT2D eigenvalue weighted by atomic mass is 16.5. The van der Waals surface area contributed by atoms with Gasteiger partial charge in [0.25, 0.3) is 0 Å². The van der Waals surface area contributed by atoms with Crippen LogP contribution in [-0.4, -0.2) is 47.8 Å². The summed E-state index contributed by atoms with van der Waals surface area (Å²) in [6.45, 7) is 4.30. The molecule has 2 aromatic rings. The van der Waals surface area contributed by atoms with Crippen molar-refractivity contribution in [3.8, 4) is 11.4 Å². The standard InChI is InChI=1S/C15H20N6O/c1-10-9-22-6-5-21(10)14-8-12(16)19-15(20-14)11-3-4-18-13(7-11)17-2/h3-4,7-8,10H,5-6,9H2,1-2H3,(H,17,18)(H2,16,19,20). The largest absolute Gasteiger partial charge is 0.384 e. The molecule has 7 heteroatoms. The molecule has 0 aromatic carbocycles. The number of hydrogen-bond acceptors (Lipinski definition) is 7. The third kappa shape index (κ3) is 2.94. The van der Waals surface area contributed by atoms with Gasteiger partial charge in [0, 0.05) is 31.4 Å². The molecule has 0 saturated carbocycles. The average molecular weight is 300 g/mol. The molecule has 3 N–H and O–H groups in total. The molecule has 3 heterocycles. The molecule has 1 atom stereocenters. The third-order valence-electron chi connectivity index (χ3n) is 3.67. The Balaban J connectivity index is 1.98. The van der Waals surface area contributed by atoms with Crippen molar-refractivity contribution in [1.29, 1.82) is 0 Å². The van der Waals surface area contributed by atoms with Gasteiger partial charge in [0.05, 0.1) is 19.3 Å². The molecule has 1 unspecified atom stereocenters. The summed E-state index contributed by atoms with van der Waals surface area (Å²) in [4.78, 5) is 15.4. The van der Waals surface area contributed by atoms with Crippen LogP contribution in [0, 0.1) is 0 Å². The maximum atomic E-state index is 5.98. The summed E-state index contributed by atoms with van der Waals surface area (Å²) in [6.07, 6.45) is 1.73. The number of ether oxygens (including phenoxy) is 1. The van der Waals surface area contributed by atoms with Crippen molar-refractivity contribution >= 4 is 17.5 Å². The van der Waals surface area contributed by atoms with Gasteiger partial charge in [-0.15, -0.1) is 0 Å². The van der Waals surface area contributed by atoms with Crippen molar-refractivity contribution in [2.24, 2.45) is 0 Å². The molecule has 0 amide bonds. The summed E-state index contributed by atoms with van der Waals surface area (Å²) in [5.74, 6) is 2.67. The fraction of sp³-hybridized carbons (Fsp3) is 0.400. The highest BCUT2D eigenvalue weighted by Gasteiger charge is 2.21. The number of nitrogen functional groups attached to an aromatic ring is 1. The van der Waals surface area contributed by atoms with Crippen LogP contribution in [0.15, 0.2) is 24.4 Å². The second-order valence-electron chi connectivity index (χ2n) is 5.27. The maximum Gasteiger partial charge on any atom is 0.164 e. The highest BCUT2D eigenvalue weighted by molar-refractivity contribution is 5.63. The summed E-state index contributed by atoms with van der Waals surface area (Å²) in [5.41, 5.74) is 6.86. The van der Waals surface area contributed by atoms with Crippen LogP contribution < -0.4 is 16.0 Å². The first-order valence-corrected chi connectivity index (χ1v) is 7.30. The lowest BCUT2D eigenvalue weighted by Gasteiger charge is -2.34. The van der Waals surface area contributed by atoms with E-state index >= 15 is 0 Å². The zero-order chi connectivity index (χ0) is 15.5. The van der Waals surface area contributed by atoms with Crippen LogP contribution in [0.1, 0.15) is 6.92 Å². The van der Waals surface area contributed by atoms with Crippen LogP contribution in [0.3, 0.4) is 0 Å². The Labute approximate surface area is 129 Å². The molecule has 0 bridgehead atoms. The first-order valence-electron chi connectivity index (χ1n) is 7.30. The number of nitrogens with two attached hydrogens (primary N) is 1. The van der Waals surface area contributed by atoms with Crippen LogP contribution in [0.25, 0.3) is 11.4 Å². The molecule has 22 heavy (non-hydrogen) atoms. The van der Waals surface area contributed by atoms with Crippen molar-refractivity contribution in [3.05, 3.63) is 24.4 Å². The van der Waals surface area contributed by atoms with Crippen molar-refractivity contribution in [3.63, 3.8) is 0 Å². The molecule has 2 aromatic heterocycles. The van der Waals surface area contributed by atoms with E-state index in [2.05, 4.69) is 32.1 Å². The fourth-order valence-corrected chi connectivity index (χ4v) is 2.50. The predicted molar refractivity (Wildman–Crippen MR) is 86.8 cm³/mol. The zero-order valence-electron chi connectivity index (χ0n) is 12.8. The molecule has 0 radical (unpaired) electrons. The third-order valence-corrected chi connectivity index (χ3v) is 3.67. The lowest BCUT2D eigenvalue weighted by molar-refractivity contribution is 0.0985. The smallest absolute Gasteiger partial charge is 0.164 e. The SMILES string of the molecule is CNc1cc(-c2nc(N)cc(N3CCOCC3C)n2)ccn1. The number of nitrogens with zero attached hydrogens (tertiary/aromatic N) is 4. The minimum Gasteiger partial charge on any atom is -0.384 e. The van der Waals surface area contributed by atoms with Gasteiger partial charge >= 0.3 is 0 Å². The van der Waals surface area contributed by atoms with Gasteiger partial charge in [0.15, 0.2) is 5.82 Å². The Morgan fingerprint density at radius 2 is 2.23 bits per heavy atom. The number of nitrogens with one attached hydrogen (secondary N) is 1. The number of anilines is 3. The van der Waals surface area contributed by atoms with E-state index in [1.807, 2.05) is 25.2 Å². The van der Waals surface area contributed by atoms with Gasteiger partial charge in [-0.3, -0.25) is 0 Å². The minimum atomic E-state index is 0.265. The molecular weight excluding hydrogens is 280 g/mol. The Hall–Kier alpha value is -2.41. The molecule has 1 saturated heterocycles. The first-order chi connectivity index (χ1) is 10.7. The molecule has 1 fully saturated rings. The molecule has 1 aliphatic heterocycles. The maximum absolute atomic E-state index is 5.98. The first kappa shape index (κ1) is 14.5. The molecule has 7 nitrogen and oxygen atoms in total. The Kier molecular flexibility index (Phi) is 4.06. The Morgan fingerprint density at radius 1 is 1.36 bits per heavy atom. The second kappa shape index (κ2) is 6.15. The normalized spacial score (nSPS) is 18.3. The van der Waals surface area contributed by atoms with Gasteiger partial charge in [-0.05, 0) is 19.1 Å². The quantitative estimate of drug-likeness (QED) is 0.885. The summed E-state index contributed by atoms with van der Waals surface area (Å²) in [7, 11) is 1.83. The van der Waals surface area contributed by atoms with E-state index in [-0.39, 0.29) is 6.04 Å². The van der Waals surface area contributed by atoms with Crippen LogP contribution in [-0.2, 0) is 4.74 Å². The van der Waals surface area contributed by atoms with E-state index in [1.54, 1.807) is 6.20 Å². The topological polar surface area (TPSA) is 89.2 Å². The molecule has 0 aliphatic carbocycles.